The Bertz CT molecular complexity index is 902. The summed E-state index contributed by atoms with van der Waals surface area (Å²) < 4.78 is 0. The first-order valence-corrected chi connectivity index (χ1v) is 9.69. The topological polar surface area (TPSA) is 77.3 Å². The second kappa shape index (κ2) is 6.65. The minimum Gasteiger partial charge on any atom is -0.325 e. The maximum absolute atomic E-state index is 13.3. The van der Waals surface area contributed by atoms with Crippen LogP contribution in [0.2, 0.25) is 5.02 Å². The first-order valence-electron chi connectivity index (χ1n) is 9.32. The summed E-state index contributed by atoms with van der Waals surface area (Å²) in [6.45, 7) is 4.73. The van der Waals surface area contributed by atoms with Crippen LogP contribution in [0.25, 0.3) is 5.57 Å². The van der Waals surface area contributed by atoms with E-state index in [-0.39, 0.29) is 17.7 Å². The first-order chi connectivity index (χ1) is 12.9. The Balaban J connectivity index is 1.73. The van der Waals surface area contributed by atoms with E-state index in [9.17, 15) is 14.9 Å². The van der Waals surface area contributed by atoms with Crippen molar-refractivity contribution in [2.75, 3.05) is 6.54 Å². The average Bonchev–Trinajstić information content (AvgIpc) is 3.28. The lowest BCUT2D eigenvalue weighted by atomic mass is 9.92. The van der Waals surface area contributed by atoms with Gasteiger partial charge in [0.2, 0.25) is 5.91 Å². The molecule has 140 valence electrons. The van der Waals surface area contributed by atoms with E-state index in [0.717, 1.165) is 23.2 Å². The summed E-state index contributed by atoms with van der Waals surface area (Å²) in [6, 6.07) is 1.19. The number of carbonyl (C=O) groups excluding carboxylic acids is 2. The van der Waals surface area contributed by atoms with Gasteiger partial charge >= 0.3 is 0 Å². The lowest BCUT2D eigenvalue weighted by Gasteiger charge is -2.39. The zero-order chi connectivity index (χ0) is 19.3. The smallest absolute Gasteiger partial charge is 0.255 e. The molecule has 0 saturated carbocycles. The SMILES string of the molecule is CC(C)[C@H](C(=O)N1CCC[C@H]1C#N)N1Cc2c(Cl)cnc3c2C(=CC3)C1=O. The highest BCUT2D eigenvalue weighted by molar-refractivity contribution is 6.32. The normalized spacial score (nSPS) is 22.0. The van der Waals surface area contributed by atoms with Crippen molar-refractivity contribution in [3.8, 4) is 6.07 Å². The van der Waals surface area contributed by atoms with E-state index in [2.05, 4.69) is 11.1 Å². The molecule has 0 N–H and O–H groups in total. The van der Waals surface area contributed by atoms with Crippen LogP contribution in [0.4, 0.5) is 0 Å². The van der Waals surface area contributed by atoms with Gasteiger partial charge in [0, 0.05) is 42.4 Å². The molecule has 0 unspecified atom stereocenters. The van der Waals surface area contributed by atoms with E-state index in [1.807, 2.05) is 19.9 Å². The molecule has 7 heteroatoms. The molecule has 27 heavy (non-hydrogen) atoms. The van der Waals surface area contributed by atoms with Crippen LogP contribution in [0.5, 0.6) is 0 Å². The van der Waals surface area contributed by atoms with Crippen LogP contribution < -0.4 is 0 Å². The fourth-order valence-corrected chi connectivity index (χ4v) is 4.63. The van der Waals surface area contributed by atoms with Gasteiger partial charge in [-0.25, -0.2) is 0 Å². The zero-order valence-corrected chi connectivity index (χ0v) is 16.2. The summed E-state index contributed by atoms with van der Waals surface area (Å²) in [7, 11) is 0. The molecule has 1 saturated heterocycles. The number of rotatable bonds is 3. The summed E-state index contributed by atoms with van der Waals surface area (Å²) >= 11 is 6.39. The van der Waals surface area contributed by atoms with E-state index in [4.69, 9.17) is 11.6 Å². The number of nitrogens with zero attached hydrogens (tertiary/aromatic N) is 4. The molecule has 1 aromatic rings. The molecular weight excluding hydrogens is 364 g/mol. The molecule has 4 rings (SSSR count). The summed E-state index contributed by atoms with van der Waals surface area (Å²) in [5.74, 6) is -0.370. The van der Waals surface area contributed by atoms with Crippen molar-refractivity contribution < 1.29 is 9.59 Å². The molecule has 2 amide bonds. The van der Waals surface area contributed by atoms with Gasteiger partial charge in [-0.15, -0.1) is 0 Å². The van der Waals surface area contributed by atoms with Crippen molar-refractivity contribution in [3.05, 3.63) is 34.1 Å². The summed E-state index contributed by atoms with van der Waals surface area (Å²) in [4.78, 5) is 34.2. The second-order valence-corrected chi connectivity index (χ2v) is 8.08. The van der Waals surface area contributed by atoms with Crippen molar-refractivity contribution in [2.45, 2.75) is 51.7 Å². The number of halogens is 1. The van der Waals surface area contributed by atoms with Crippen molar-refractivity contribution in [2.24, 2.45) is 5.92 Å². The fourth-order valence-electron chi connectivity index (χ4n) is 4.43. The summed E-state index contributed by atoms with van der Waals surface area (Å²) in [5, 5.41) is 9.88. The number of hydrogen-bond donors (Lipinski definition) is 0. The van der Waals surface area contributed by atoms with Gasteiger partial charge in [0.25, 0.3) is 5.91 Å². The monoisotopic (exact) mass is 384 g/mol. The third-order valence-electron chi connectivity index (χ3n) is 5.71. The lowest BCUT2D eigenvalue weighted by molar-refractivity contribution is -0.146. The third kappa shape index (κ3) is 2.72. The lowest BCUT2D eigenvalue weighted by Crippen LogP contribution is -2.55. The van der Waals surface area contributed by atoms with E-state index >= 15 is 0 Å². The number of pyridine rings is 1. The van der Waals surface area contributed by atoms with Crippen LogP contribution >= 0.6 is 11.6 Å². The average molecular weight is 385 g/mol. The Labute approximate surface area is 163 Å². The van der Waals surface area contributed by atoms with Crippen molar-refractivity contribution in [3.63, 3.8) is 0 Å². The van der Waals surface area contributed by atoms with Gasteiger partial charge in [0.1, 0.15) is 12.1 Å². The molecule has 3 heterocycles. The standard InChI is InChI=1S/C20H21ClN4O2/c1-11(2)18(20(27)24-7-3-4-12(24)8-22)25-10-14-15(21)9-23-16-6-5-13(17(14)16)19(25)26/h5,9,11-12,18H,3-4,6-7,10H2,1-2H3/t12-,18+/m0/s1. The quantitative estimate of drug-likeness (QED) is 0.802. The van der Waals surface area contributed by atoms with Crippen LogP contribution in [0.15, 0.2) is 12.3 Å². The Morgan fingerprint density at radius 3 is 2.93 bits per heavy atom. The Morgan fingerprint density at radius 1 is 1.44 bits per heavy atom. The minimum absolute atomic E-state index is 0.0787. The number of allylic oxidation sites excluding steroid dienone is 1. The predicted octanol–water partition coefficient (Wildman–Crippen LogP) is 2.56. The highest BCUT2D eigenvalue weighted by atomic mass is 35.5. The summed E-state index contributed by atoms with van der Waals surface area (Å²) in [6.07, 6.45) is 5.62. The van der Waals surface area contributed by atoms with E-state index in [1.165, 1.54) is 0 Å². The zero-order valence-electron chi connectivity index (χ0n) is 15.4. The molecule has 2 aliphatic heterocycles. The van der Waals surface area contributed by atoms with Gasteiger partial charge in [-0.1, -0.05) is 31.5 Å². The predicted molar refractivity (Wildman–Crippen MR) is 100 cm³/mol. The molecule has 1 fully saturated rings. The van der Waals surface area contributed by atoms with Crippen LogP contribution in [0, 0.1) is 17.2 Å². The minimum atomic E-state index is -0.617. The summed E-state index contributed by atoms with van der Waals surface area (Å²) in [5.41, 5.74) is 3.17. The highest BCUT2D eigenvalue weighted by Crippen LogP contribution is 2.40. The number of aromatic nitrogens is 1. The second-order valence-electron chi connectivity index (χ2n) is 7.67. The molecule has 6 nitrogen and oxygen atoms in total. The molecule has 0 spiro atoms. The number of likely N-dealkylation sites (tertiary alicyclic amines) is 1. The highest BCUT2D eigenvalue weighted by Gasteiger charge is 2.43. The maximum atomic E-state index is 13.3. The van der Waals surface area contributed by atoms with Crippen molar-refractivity contribution in [1.82, 2.24) is 14.8 Å². The van der Waals surface area contributed by atoms with E-state index in [1.54, 1.807) is 16.0 Å². The van der Waals surface area contributed by atoms with E-state index < -0.39 is 12.1 Å². The largest absolute Gasteiger partial charge is 0.325 e. The molecular formula is C20H21ClN4O2. The number of nitriles is 1. The van der Waals surface area contributed by atoms with Gasteiger partial charge in [-0.05, 0) is 18.8 Å². The molecule has 2 atom stereocenters. The number of carbonyl (C=O) groups is 2. The van der Waals surface area contributed by atoms with Crippen LogP contribution in [0.1, 0.15) is 43.5 Å². The third-order valence-corrected chi connectivity index (χ3v) is 6.03. The first kappa shape index (κ1) is 18.0. The Morgan fingerprint density at radius 2 is 2.22 bits per heavy atom. The molecule has 1 aliphatic carbocycles. The molecule has 0 bridgehead atoms. The number of hydrogen-bond acceptors (Lipinski definition) is 4. The van der Waals surface area contributed by atoms with Gasteiger partial charge in [0.05, 0.1) is 16.8 Å². The molecule has 3 aliphatic rings. The van der Waals surface area contributed by atoms with Crippen LogP contribution in [-0.4, -0.2) is 45.2 Å². The van der Waals surface area contributed by atoms with Crippen molar-refractivity contribution in [1.29, 1.82) is 5.26 Å². The van der Waals surface area contributed by atoms with Crippen molar-refractivity contribution >= 4 is 29.0 Å². The maximum Gasteiger partial charge on any atom is 0.255 e. The van der Waals surface area contributed by atoms with Gasteiger partial charge in [0.15, 0.2) is 0 Å². The van der Waals surface area contributed by atoms with E-state index in [0.29, 0.717) is 36.5 Å². The molecule has 1 aromatic heterocycles. The Kier molecular flexibility index (Phi) is 4.43. The van der Waals surface area contributed by atoms with Gasteiger partial charge in [-0.3, -0.25) is 14.6 Å². The molecule has 0 aromatic carbocycles. The fraction of sp³-hybridized carbons (Fsp3) is 0.500. The number of amides is 2. The molecule has 0 radical (unpaired) electrons. The Hall–Kier alpha value is -2.39. The van der Waals surface area contributed by atoms with Gasteiger partial charge in [-0.2, -0.15) is 5.26 Å². The van der Waals surface area contributed by atoms with Gasteiger partial charge < -0.3 is 9.80 Å². The van der Waals surface area contributed by atoms with Crippen LogP contribution in [-0.2, 0) is 22.6 Å². The van der Waals surface area contributed by atoms with Crippen LogP contribution in [0.3, 0.4) is 0 Å².